The van der Waals surface area contributed by atoms with Crippen LogP contribution in [-0.4, -0.2) is 60.8 Å². The third kappa shape index (κ3) is 4.01. The molecule has 2 aliphatic rings. The van der Waals surface area contributed by atoms with Gasteiger partial charge >= 0.3 is 0 Å². The van der Waals surface area contributed by atoms with Crippen molar-refractivity contribution in [1.82, 2.24) is 15.5 Å². The molecule has 0 saturated carbocycles. The van der Waals surface area contributed by atoms with Crippen molar-refractivity contribution in [3.8, 4) is 0 Å². The summed E-state index contributed by atoms with van der Waals surface area (Å²) in [5.41, 5.74) is 0. The van der Waals surface area contributed by atoms with Gasteiger partial charge in [0.15, 0.2) is 5.17 Å². The van der Waals surface area contributed by atoms with Gasteiger partial charge in [-0.2, -0.15) is 0 Å². The molecule has 2 N–H and O–H groups in total. The first kappa shape index (κ1) is 16.2. The Bertz CT molecular complexity index is 581. The first-order chi connectivity index (χ1) is 11.3. The van der Waals surface area contributed by atoms with Crippen molar-refractivity contribution in [3.05, 3.63) is 24.2 Å². The molecule has 2 unspecified atom stereocenters. The van der Waals surface area contributed by atoms with Gasteiger partial charge in [-0.3, -0.25) is 10.1 Å². The van der Waals surface area contributed by atoms with Gasteiger partial charge in [-0.05, 0) is 18.4 Å². The van der Waals surface area contributed by atoms with Gasteiger partial charge in [-0.1, -0.05) is 11.8 Å². The summed E-state index contributed by atoms with van der Waals surface area (Å²) >= 11 is 1.48. The maximum Gasteiger partial charge on any atom is 0.234 e. The molecule has 124 valence electrons. The Morgan fingerprint density at radius 3 is 3.04 bits per heavy atom. The fraction of sp³-hybridized carbons (Fsp3) is 0.533. The van der Waals surface area contributed by atoms with E-state index in [9.17, 15) is 4.79 Å². The van der Waals surface area contributed by atoms with E-state index in [1.807, 2.05) is 23.3 Å². The maximum atomic E-state index is 12.8. The van der Waals surface area contributed by atoms with Crippen molar-refractivity contribution < 1.29 is 9.21 Å². The Kier molecular flexibility index (Phi) is 5.47. The second-order valence-corrected chi connectivity index (χ2v) is 6.17. The van der Waals surface area contributed by atoms with Gasteiger partial charge in [-0.15, -0.1) is 0 Å². The van der Waals surface area contributed by atoms with E-state index in [-0.39, 0.29) is 18.0 Å². The fourth-order valence-corrected chi connectivity index (χ4v) is 3.03. The van der Waals surface area contributed by atoms with E-state index in [1.165, 1.54) is 11.8 Å². The van der Waals surface area contributed by atoms with E-state index in [2.05, 4.69) is 20.6 Å². The van der Waals surface area contributed by atoms with Crippen LogP contribution in [0.5, 0.6) is 0 Å². The van der Waals surface area contributed by atoms with Crippen molar-refractivity contribution in [2.45, 2.75) is 12.7 Å². The minimum absolute atomic E-state index is 0.0797. The van der Waals surface area contributed by atoms with Crippen LogP contribution >= 0.6 is 11.8 Å². The molecule has 0 spiro atoms. The number of nitrogens with zero attached hydrogens (tertiary/aromatic N) is 3. The van der Waals surface area contributed by atoms with Gasteiger partial charge in [0.2, 0.25) is 5.91 Å². The van der Waals surface area contributed by atoms with Gasteiger partial charge in [0, 0.05) is 32.4 Å². The summed E-state index contributed by atoms with van der Waals surface area (Å²) in [6.07, 6.45) is 4.97. The zero-order valence-corrected chi connectivity index (χ0v) is 13.9. The van der Waals surface area contributed by atoms with Crippen molar-refractivity contribution >= 4 is 29.1 Å². The van der Waals surface area contributed by atoms with Crippen LogP contribution in [0.3, 0.4) is 0 Å². The summed E-state index contributed by atoms with van der Waals surface area (Å²) in [6.45, 7) is 3.65. The Labute approximate surface area is 139 Å². The zero-order valence-electron chi connectivity index (χ0n) is 13.1. The number of hydrogen-bond acceptors (Lipinski definition) is 7. The topological polar surface area (TPSA) is 82.2 Å². The molecule has 0 bridgehead atoms. The number of nitrogens with one attached hydrogen (secondary N) is 2. The van der Waals surface area contributed by atoms with Crippen LogP contribution in [0.4, 0.5) is 0 Å². The van der Waals surface area contributed by atoms with E-state index >= 15 is 0 Å². The molecule has 2 aliphatic heterocycles. The van der Waals surface area contributed by atoms with Gasteiger partial charge < -0.3 is 14.6 Å². The number of thioether (sulfide) groups is 1. The molecule has 0 aromatic carbocycles. The van der Waals surface area contributed by atoms with Crippen LogP contribution in [0.15, 0.2) is 32.8 Å². The summed E-state index contributed by atoms with van der Waals surface area (Å²) in [7, 11) is 0. The largest absolute Gasteiger partial charge is 0.468 e. The number of carbonyl (C=O) groups excluding carboxylic acids is 1. The smallest absolute Gasteiger partial charge is 0.234 e. The highest BCUT2D eigenvalue weighted by Gasteiger charge is 2.33. The molecule has 3 rings (SSSR count). The molecule has 0 aliphatic carbocycles. The van der Waals surface area contributed by atoms with Gasteiger partial charge in [0.25, 0.3) is 0 Å². The van der Waals surface area contributed by atoms with Crippen LogP contribution < -0.4 is 10.6 Å². The molecule has 1 aromatic heterocycles. The van der Waals surface area contributed by atoms with Crippen LogP contribution in [0.1, 0.15) is 5.76 Å². The molecule has 23 heavy (non-hydrogen) atoms. The summed E-state index contributed by atoms with van der Waals surface area (Å²) in [4.78, 5) is 23.5. The molecular formula is C15H21N5O2S. The fourth-order valence-electron chi connectivity index (χ4n) is 2.65. The first-order valence-corrected chi connectivity index (χ1v) is 8.91. The number of rotatable bonds is 4. The van der Waals surface area contributed by atoms with Crippen molar-refractivity contribution in [2.24, 2.45) is 15.9 Å². The lowest BCUT2D eigenvalue weighted by Gasteiger charge is -2.32. The second-order valence-electron chi connectivity index (χ2n) is 5.40. The summed E-state index contributed by atoms with van der Waals surface area (Å²) < 4.78 is 5.34. The molecule has 8 heteroatoms. The molecule has 1 fully saturated rings. The zero-order chi connectivity index (χ0) is 16.1. The predicted molar refractivity (Wildman–Crippen MR) is 91.7 cm³/mol. The SMILES string of the molecule is CSC1=NC(NCc2ccco2)C(C(=O)N2CCNCC2)C=N1. The summed E-state index contributed by atoms with van der Waals surface area (Å²) in [5, 5.41) is 7.25. The minimum Gasteiger partial charge on any atom is -0.468 e. The highest BCUT2D eigenvalue weighted by molar-refractivity contribution is 8.13. The van der Waals surface area contributed by atoms with E-state index in [4.69, 9.17) is 4.42 Å². The molecule has 1 saturated heterocycles. The molecule has 0 radical (unpaired) electrons. The molecule has 3 heterocycles. The van der Waals surface area contributed by atoms with Crippen LogP contribution in [0.25, 0.3) is 0 Å². The van der Waals surface area contributed by atoms with Crippen molar-refractivity contribution in [2.75, 3.05) is 32.4 Å². The number of carbonyl (C=O) groups is 1. The number of amides is 1. The number of aliphatic imine (C=N–C) groups is 2. The quantitative estimate of drug-likeness (QED) is 0.840. The Balaban J connectivity index is 1.69. The minimum atomic E-state index is -0.376. The lowest BCUT2D eigenvalue weighted by Crippen LogP contribution is -2.53. The Morgan fingerprint density at radius 2 is 2.35 bits per heavy atom. The molecule has 2 atom stereocenters. The molecule has 1 amide bonds. The van der Waals surface area contributed by atoms with Crippen molar-refractivity contribution in [3.63, 3.8) is 0 Å². The van der Waals surface area contributed by atoms with Crippen LogP contribution in [0, 0.1) is 5.92 Å². The third-order valence-electron chi connectivity index (χ3n) is 3.90. The van der Waals surface area contributed by atoms with Gasteiger partial charge in [0.05, 0.1) is 12.8 Å². The molecule has 7 nitrogen and oxygen atoms in total. The average Bonchev–Trinajstić information content (AvgIpc) is 3.13. The number of piperazine rings is 1. The van der Waals surface area contributed by atoms with Crippen LogP contribution in [-0.2, 0) is 11.3 Å². The third-order valence-corrected chi connectivity index (χ3v) is 4.47. The van der Waals surface area contributed by atoms with E-state index in [1.54, 1.807) is 12.5 Å². The second kappa shape index (κ2) is 7.76. The van der Waals surface area contributed by atoms with E-state index < -0.39 is 0 Å². The van der Waals surface area contributed by atoms with E-state index in [0.29, 0.717) is 11.7 Å². The predicted octanol–water partition coefficient (Wildman–Crippen LogP) is 0.547. The van der Waals surface area contributed by atoms with E-state index in [0.717, 1.165) is 31.9 Å². The number of amidine groups is 1. The summed E-state index contributed by atoms with van der Waals surface area (Å²) in [6, 6.07) is 3.75. The Hall–Kier alpha value is -1.64. The highest BCUT2D eigenvalue weighted by Crippen LogP contribution is 2.17. The average molecular weight is 335 g/mol. The number of hydrogen-bond donors (Lipinski definition) is 2. The normalized spacial score (nSPS) is 24.6. The van der Waals surface area contributed by atoms with Gasteiger partial charge in [-0.25, -0.2) is 9.98 Å². The number of furan rings is 1. The van der Waals surface area contributed by atoms with Crippen molar-refractivity contribution in [1.29, 1.82) is 0 Å². The van der Waals surface area contributed by atoms with Gasteiger partial charge in [0.1, 0.15) is 17.8 Å². The molecule has 1 aromatic rings. The molecular weight excluding hydrogens is 314 g/mol. The monoisotopic (exact) mass is 335 g/mol. The maximum absolute atomic E-state index is 12.8. The lowest BCUT2D eigenvalue weighted by atomic mass is 10.0. The Morgan fingerprint density at radius 1 is 1.52 bits per heavy atom. The first-order valence-electron chi connectivity index (χ1n) is 7.69. The van der Waals surface area contributed by atoms with Crippen LogP contribution in [0.2, 0.25) is 0 Å². The summed E-state index contributed by atoms with van der Waals surface area (Å²) in [5.74, 6) is 0.525. The highest BCUT2D eigenvalue weighted by atomic mass is 32.2. The lowest BCUT2D eigenvalue weighted by molar-refractivity contribution is -0.134. The standard InChI is InChI=1S/C15H21N5O2S/c1-23-15-18-10-12(14(21)20-6-4-16-5-7-20)13(19-15)17-9-11-3-2-8-22-11/h2-3,8,10,12-13,16-17H,4-7,9H2,1H3.